The van der Waals surface area contributed by atoms with Gasteiger partial charge in [0.05, 0.1) is 5.75 Å². The van der Waals surface area contributed by atoms with Crippen LogP contribution < -0.4 is 5.32 Å². The van der Waals surface area contributed by atoms with Gasteiger partial charge in [0, 0.05) is 18.7 Å². The van der Waals surface area contributed by atoms with Crippen LogP contribution in [-0.2, 0) is 9.59 Å². The number of carbonyl (C=O) groups excluding carboxylic acids is 1. The topological polar surface area (TPSA) is 66.4 Å². The van der Waals surface area contributed by atoms with Crippen LogP contribution in [0.5, 0.6) is 0 Å². The second-order valence-corrected chi connectivity index (χ2v) is 5.33. The molecule has 0 aromatic carbocycles. The fourth-order valence-electron chi connectivity index (χ4n) is 1.02. The van der Waals surface area contributed by atoms with Gasteiger partial charge in [0.1, 0.15) is 0 Å². The van der Waals surface area contributed by atoms with Gasteiger partial charge in [0.15, 0.2) is 0 Å². The molecule has 0 bridgehead atoms. The maximum atomic E-state index is 11.4. The first-order valence-electron chi connectivity index (χ1n) is 5.49. The molecule has 0 aromatic rings. The molecule has 5 heteroatoms. The van der Waals surface area contributed by atoms with Crippen LogP contribution in [0.25, 0.3) is 0 Å². The minimum Gasteiger partial charge on any atom is -0.481 e. The van der Waals surface area contributed by atoms with Gasteiger partial charge in [0.25, 0.3) is 0 Å². The highest BCUT2D eigenvalue weighted by Gasteiger charge is 2.11. The Balaban J connectivity index is 3.47. The molecule has 1 amide bonds. The monoisotopic (exact) mass is 247 g/mol. The number of carbonyl (C=O) groups is 2. The second-order valence-electron chi connectivity index (χ2n) is 4.22. The third-order valence-corrected chi connectivity index (χ3v) is 3.38. The van der Waals surface area contributed by atoms with E-state index in [1.165, 1.54) is 11.8 Å². The summed E-state index contributed by atoms with van der Waals surface area (Å²) in [6, 6.07) is 0. The van der Waals surface area contributed by atoms with Crippen molar-refractivity contribution in [3.05, 3.63) is 0 Å². The van der Waals surface area contributed by atoms with Gasteiger partial charge in [-0.1, -0.05) is 20.8 Å². The van der Waals surface area contributed by atoms with Crippen molar-refractivity contribution in [3.63, 3.8) is 0 Å². The summed E-state index contributed by atoms with van der Waals surface area (Å²) in [4.78, 5) is 21.6. The Morgan fingerprint density at radius 1 is 1.31 bits per heavy atom. The van der Waals surface area contributed by atoms with E-state index in [2.05, 4.69) is 26.1 Å². The molecule has 0 aliphatic rings. The quantitative estimate of drug-likeness (QED) is 0.639. The molecule has 0 saturated heterocycles. The molecule has 0 radical (unpaired) electrons. The molecule has 0 aromatic heterocycles. The molecule has 0 aliphatic heterocycles. The van der Waals surface area contributed by atoms with Gasteiger partial charge in [-0.3, -0.25) is 9.59 Å². The first kappa shape index (κ1) is 15.3. The van der Waals surface area contributed by atoms with Crippen LogP contribution >= 0.6 is 11.8 Å². The summed E-state index contributed by atoms with van der Waals surface area (Å²) >= 11 is 1.31. The Kier molecular flexibility index (Phi) is 8.07. The number of aliphatic carboxylic acids is 1. The molecule has 2 N–H and O–H groups in total. The van der Waals surface area contributed by atoms with Gasteiger partial charge < -0.3 is 10.4 Å². The van der Waals surface area contributed by atoms with Crippen LogP contribution in [0.2, 0.25) is 0 Å². The lowest BCUT2D eigenvalue weighted by Gasteiger charge is -2.14. The van der Waals surface area contributed by atoms with E-state index in [1.54, 1.807) is 0 Å². The minimum absolute atomic E-state index is 0.0529. The maximum Gasteiger partial charge on any atom is 0.313 e. The van der Waals surface area contributed by atoms with Crippen LogP contribution in [-0.4, -0.2) is 35.0 Å². The molecular weight excluding hydrogens is 226 g/mol. The Bertz CT molecular complexity index is 231. The highest BCUT2D eigenvalue weighted by atomic mass is 32.2. The zero-order chi connectivity index (χ0) is 12.6. The average molecular weight is 247 g/mol. The van der Waals surface area contributed by atoms with E-state index in [9.17, 15) is 9.59 Å². The summed E-state index contributed by atoms with van der Waals surface area (Å²) in [7, 11) is 0. The van der Waals surface area contributed by atoms with Crippen molar-refractivity contribution in [3.8, 4) is 0 Å². The van der Waals surface area contributed by atoms with Crippen molar-refractivity contribution in [2.45, 2.75) is 27.2 Å². The van der Waals surface area contributed by atoms with Crippen LogP contribution in [0.15, 0.2) is 0 Å². The third kappa shape index (κ3) is 8.59. The predicted molar refractivity (Wildman–Crippen MR) is 66.6 cm³/mol. The Morgan fingerprint density at radius 3 is 2.44 bits per heavy atom. The number of carboxylic acid groups (broad SMARTS) is 1. The van der Waals surface area contributed by atoms with E-state index < -0.39 is 5.97 Å². The summed E-state index contributed by atoms with van der Waals surface area (Å²) < 4.78 is 0. The number of thioether (sulfide) groups is 1. The molecule has 0 spiro atoms. The first-order valence-corrected chi connectivity index (χ1v) is 6.65. The van der Waals surface area contributed by atoms with Gasteiger partial charge in [0.2, 0.25) is 5.91 Å². The highest BCUT2D eigenvalue weighted by molar-refractivity contribution is 7.99. The number of nitrogens with one attached hydrogen (secondary N) is 1. The molecular formula is C11H21NO3S. The molecule has 0 rings (SSSR count). The molecule has 1 atom stereocenters. The lowest BCUT2D eigenvalue weighted by atomic mass is 9.94. The van der Waals surface area contributed by atoms with E-state index >= 15 is 0 Å². The van der Waals surface area contributed by atoms with Crippen LogP contribution in [0.4, 0.5) is 0 Å². The molecule has 0 heterocycles. The van der Waals surface area contributed by atoms with E-state index in [0.717, 1.165) is 0 Å². The van der Waals surface area contributed by atoms with Gasteiger partial charge in [-0.15, -0.1) is 11.8 Å². The number of hydrogen-bond donors (Lipinski definition) is 2. The number of rotatable bonds is 8. The van der Waals surface area contributed by atoms with Crippen molar-refractivity contribution in [1.82, 2.24) is 5.32 Å². The zero-order valence-corrected chi connectivity index (χ0v) is 11.0. The molecule has 4 nitrogen and oxygen atoms in total. The van der Waals surface area contributed by atoms with Crippen LogP contribution in [0.3, 0.4) is 0 Å². The fourth-order valence-corrected chi connectivity index (χ4v) is 1.59. The van der Waals surface area contributed by atoms with Gasteiger partial charge in [-0.05, 0) is 11.8 Å². The molecule has 94 valence electrons. The normalized spacial score (nSPS) is 12.5. The smallest absolute Gasteiger partial charge is 0.313 e. The van der Waals surface area contributed by atoms with Crippen molar-refractivity contribution in [2.75, 3.05) is 18.1 Å². The van der Waals surface area contributed by atoms with Crippen LogP contribution in [0.1, 0.15) is 27.2 Å². The van der Waals surface area contributed by atoms with E-state index in [1.807, 2.05) is 0 Å². The average Bonchev–Trinajstić information content (AvgIpc) is 2.16. The highest BCUT2D eigenvalue weighted by Crippen LogP contribution is 2.13. The standard InChI is InChI=1S/C11H21NO3S/c1-8(2)9(3)6-10(13)12-4-5-16-7-11(14)15/h8-9H,4-7H2,1-3H3,(H,12,13)(H,14,15). The largest absolute Gasteiger partial charge is 0.481 e. The van der Waals surface area contributed by atoms with E-state index in [-0.39, 0.29) is 11.7 Å². The molecule has 0 saturated carbocycles. The van der Waals surface area contributed by atoms with Gasteiger partial charge in [-0.25, -0.2) is 0 Å². The lowest BCUT2D eigenvalue weighted by molar-refractivity contribution is -0.133. The molecule has 0 fully saturated rings. The third-order valence-electron chi connectivity index (χ3n) is 2.44. The SMILES string of the molecule is CC(C)C(C)CC(=O)NCCSCC(=O)O. The fraction of sp³-hybridized carbons (Fsp3) is 0.818. The van der Waals surface area contributed by atoms with Gasteiger partial charge in [-0.2, -0.15) is 0 Å². The molecule has 16 heavy (non-hydrogen) atoms. The Hall–Kier alpha value is -0.710. The van der Waals surface area contributed by atoms with Crippen molar-refractivity contribution in [1.29, 1.82) is 0 Å². The van der Waals surface area contributed by atoms with Crippen LogP contribution in [0, 0.1) is 11.8 Å². The maximum absolute atomic E-state index is 11.4. The summed E-state index contributed by atoms with van der Waals surface area (Å²) in [5.74, 6) is 0.868. The lowest BCUT2D eigenvalue weighted by Crippen LogP contribution is -2.28. The van der Waals surface area contributed by atoms with Crippen molar-refractivity contribution in [2.24, 2.45) is 11.8 Å². The predicted octanol–water partition coefficient (Wildman–Crippen LogP) is 1.60. The van der Waals surface area contributed by atoms with E-state index in [4.69, 9.17) is 5.11 Å². The Morgan fingerprint density at radius 2 is 1.94 bits per heavy atom. The van der Waals surface area contributed by atoms with Gasteiger partial charge >= 0.3 is 5.97 Å². The molecule has 0 aliphatic carbocycles. The summed E-state index contributed by atoms with van der Waals surface area (Å²) in [6.45, 7) is 6.80. The minimum atomic E-state index is -0.815. The van der Waals surface area contributed by atoms with Crippen molar-refractivity contribution >= 4 is 23.6 Å². The number of hydrogen-bond acceptors (Lipinski definition) is 3. The first-order chi connectivity index (χ1) is 7.43. The summed E-state index contributed by atoms with van der Waals surface area (Å²) in [6.07, 6.45) is 0.543. The summed E-state index contributed by atoms with van der Waals surface area (Å²) in [5, 5.41) is 11.2. The Labute approximate surface area is 101 Å². The zero-order valence-electron chi connectivity index (χ0n) is 10.2. The number of carboxylic acids is 1. The summed E-state index contributed by atoms with van der Waals surface area (Å²) in [5.41, 5.74) is 0. The van der Waals surface area contributed by atoms with E-state index in [0.29, 0.717) is 30.6 Å². The number of amides is 1. The molecule has 1 unspecified atom stereocenters. The second kappa shape index (κ2) is 8.44. The van der Waals surface area contributed by atoms with Crippen molar-refractivity contribution < 1.29 is 14.7 Å².